The second kappa shape index (κ2) is 9.09. The highest BCUT2D eigenvalue weighted by atomic mass is 16.6. The summed E-state index contributed by atoms with van der Waals surface area (Å²) in [5.74, 6) is -1.07. The Hall–Kier alpha value is -3.75. The summed E-state index contributed by atoms with van der Waals surface area (Å²) in [5, 5.41) is 17.5. The lowest BCUT2D eigenvalue weighted by atomic mass is 10.2. The van der Waals surface area contributed by atoms with Gasteiger partial charge in [0, 0.05) is 31.4 Å². The van der Waals surface area contributed by atoms with Crippen molar-refractivity contribution in [3.8, 4) is 0 Å². The van der Waals surface area contributed by atoms with Crippen molar-refractivity contribution in [1.29, 1.82) is 0 Å². The van der Waals surface area contributed by atoms with Gasteiger partial charge in [0.05, 0.1) is 11.1 Å². The molecule has 2 aromatic rings. The number of carbonyl (C=O) groups excluding carboxylic acids is 2. The first kappa shape index (κ1) is 19.6. The fourth-order valence-electron chi connectivity index (χ4n) is 2.24. The molecular formula is C18H19N5O4. The van der Waals surface area contributed by atoms with Crippen LogP contribution >= 0.6 is 0 Å². The molecule has 0 aliphatic rings. The highest BCUT2D eigenvalue weighted by Gasteiger charge is 2.15. The number of nitro benzene ring substituents is 1. The first-order valence-corrected chi connectivity index (χ1v) is 7.99. The zero-order chi connectivity index (χ0) is 19.8. The topological polar surface area (TPSA) is 117 Å². The molecule has 2 aromatic carbocycles. The lowest BCUT2D eigenvalue weighted by Crippen LogP contribution is -2.24. The molecule has 0 aromatic heterocycles. The number of hydrogen-bond donors (Lipinski definition) is 2. The van der Waals surface area contributed by atoms with Crippen LogP contribution in [0.3, 0.4) is 0 Å². The van der Waals surface area contributed by atoms with Gasteiger partial charge in [-0.3, -0.25) is 19.7 Å². The van der Waals surface area contributed by atoms with E-state index in [1.807, 2.05) is 6.07 Å². The Morgan fingerprint density at radius 2 is 1.85 bits per heavy atom. The number of benzene rings is 2. The van der Waals surface area contributed by atoms with Gasteiger partial charge >= 0.3 is 0 Å². The van der Waals surface area contributed by atoms with E-state index in [9.17, 15) is 19.7 Å². The molecule has 0 radical (unpaired) electrons. The van der Waals surface area contributed by atoms with E-state index in [4.69, 9.17) is 0 Å². The molecule has 0 atom stereocenters. The van der Waals surface area contributed by atoms with Gasteiger partial charge in [-0.15, -0.1) is 0 Å². The van der Waals surface area contributed by atoms with Crippen LogP contribution in [0.5, 0.6) is 0 Å². The number of hydrogen-bond acceptors (Lipinski definition) is 6. The molecule has 2 N–H and O–H groups in total. The molecule has 0 saturated heterocycles. The Kier molecular flexibility index (Phi) is 6.59. The standard InChI is InChI=1S/C18H19N5O4/c1-22(2)15-9-8-13(10-16(15)23(26)27)12-19-21-18(25)11-17(24)20-14-6-4-3-5-7-14/h3-10,12H,11H2,1-2H3,(H,20,24)(H,21,25). The maximum atomic E-state index is 11.8. The van der Waals surface area contributed by atoms with E-state index in [1.54, 1.807) is 55.4 Å². The van der Waals surface area contributed by atoms with Crippen molar-refractivity contribution in [3.05, 3.63) is 64.2 Å². The third kappa shape index (κ3) is 5.92. The fraction of sp³-hybridized carbons (Fsp3) is 0.167. The van der Waals surface area contributed by atoms with E-state index in [0.29, 0.717) is 16.9 Å². The third-order valence-corrected chi connectivity index (χ3v) is 3.46. The van der Waals surface area contributed by atoms with Gasteiger partial charge in [0.15, 0.2) is 0 Å². The molecule has 9 nitrogen and oxygen atoms in total. The van der Waals surface area contributed by atoms with Crippen LogP contribution in [0.4, 0.5) is 17.1 Å². The molecule has 0 fully saturated rings. The molecular weight excluding hydrogens is 350 g/mol. The first-order valence-electron chi connectivity index (χ1n) is 7.99. The summed E-state index contributed by atoms with van der Waals surface area (Å²) in [4.78, 5) is 35.8. The maximum absolute atomic E-state index is 11.8. The second-order valence-electron chi connectivity index (χ2n) is 5.78. The Morgan fingerprint density at radius 1 is 1.15 bits per heavy atom. The second-order valence-corrected chi connectivity index (χ2v) is 5.78. The molecule has 9 heteroatoms. The summed E-state index contributed by atoms with van der Waals surface area (Å²) in [6.07, 6.45) is 0.880. The number of carbonyl (C=O) groups is 2. The minimum Gasteiger partial charge on any atom is -0.372 e. The van der Waals surface area contributed by atoms with Gasteiger partial charge in [-0.25, -0.2) is 5.43 Å². The molecule has 0 heterocycles. The molecule has 0 aliphatic heterocycles. The molecule has 0 unspecified atom stereocenters. The quantitative estimate of drug-likeness (QED) is 0.336. The molecule has 0 aliphatic carbocycles. The number of rotatable bonds is 7. The highest BCUT2D eigenvalue weighted by Crippen LogP contribution is 2.27. The Bertz CT molecular complexity index is 865. The third-order valence-electron chi connectivity index (χ3n) is 3.46. The van der Waals surface area contributed by atoms with E-state index in [0.717, 1.165) is 0 Å². The van der Waals surface area contributed by atoms with Gasteiger partial charge < -0.3 is 10.2 Å². The van der Waals surface area contributed by atoms with Crippen molar-refractivity contribution in [2.75, 3.05) is 24.3 Å². The Balaban J connectivity index is 1.92. The fourth-order valence-corrected chi connectivity index (χ4v) is 2.24. The van der Waals surface area contributed by atoms with Gasteiger partial charge in [0.2, 0.25) is 11.8 Å². The van der Waals surface area contributed by atoms with Crippen molar-refractivity contribution in [3.63, 3.8) is 0 Å². The number of nitrogens with one attached hydrogen (secondary N) is 2. The van der Waals surface area contributed by atoms with Crippen LogP contribution in [-0.4, -0.2) is 37.0 Å². The summed E-state index contributed by atoms with van der Waals surface area (Å²) in [5.41, 5.74) is 3.64. The van der Waals surface area contributed by atoms with E-state index in [2.05, 4.69) is 15.8 Å². The lowest BCUT2D eigenvalue weighted by molar-refractivity contribution is -0.384. The van der Waals surface area contributed by atoms with Gasteiger partial charge in [0.1, 0.15) is 12.1 Å². The van der Waals surface area contributed by atoms with Crippen LogP contribution in [0.1, 0.15) is 12.0 Å². The number of hydrazone groups is 1. The predicted octanol–water partition coefficient (Wildman–Crippen LogP) is 2.14. The van der Waals surface area contributed by atoms with Crippen molar-refractivity contribution in [2.24, 2.45) is 5.10 Å². The molecule has 140 valence electrons. The van der Waals surface area contributed by atoms with Crippen LogP contribution in [0.15, 0.2) is 53.6 Å². The summed E-state index contributed by atoms with van der Waals surface area (Å²) < 4.78 is 0. The number of amides is 2. The van der Waals surface area contributed by atoms with E-state index >= 15 is 0 Å². The van der Waals surface area contributed by atoms with E-state index in [1.165, 1.54) is 12.3 Å². The smallest absolute Gasteiger partial charge is 0.293 e. The number of nitro groups is 1. The monoisotopic (exact) mass is 369 g/mol. The van der Waals surface area contributed by atoms with Crippen molar-refractivity contribution >= 4 is 35.1 Å². The maximum Gasteiger partial charge on any atom is 0.293 e. The average molecular weight is 369 g/mol. The lowest BCUT2D eigenvalue weighted by Gasteiger charge is -2.12. The minimum atomic E-state index is -0.598. The first-order chi connectivity index (χ1) is 12.9. The van der Waals surface area contributed by atoms with Gasteiger partial charge in [-0.1, -0.05) is 24.3 Å². The van der Waals surface area contributed by atoms with Gasteiger partial charge in [-0.2, -0.15) is 5.10 Å². The number of nitrogens with zero attached hydrogens (tertiary/aromatic N) is 3. The normalized spacial score (nSPS) is 10.4. The molecule has 2 amide bonds. The van der Waals surface area contributed by atoms with Crippen LogP contribution < -0.4 is 15.6 Å². The van der Waals surface area contributed by atoms with Crippen LogP contribution in [0, 0.1) is 10.1 Å². The van der Waals surface area contributed by atoms with E-state index in [-0.39, 0.29) is 5.69 Å². The number of anilines is 2. The van der Waals surface area contributed by atoms with E-state index < -0.39 is 23.2 Å². The number of para-hydroxylation sites is 1. The van der Waals surface area contributed by atoms with Crippen molar-refractivity contribution in [1.82, 2.24) is 5.43 Å². The van der Waals surface area contributed by atoms with Gasteiger partial charge in [-0.05, 0) is 18.2 Å². The summed E-state index contributed by atoms with van der Waals surface area (Å²) >= 11 is 0. The molecule has 0 bridgehead atoms. The minimum absolute atomic E-state index is 0.0717. The highest BCUT2D eigenvalue weighted by molar-refractivity contribution is 6.03. The molecule has 0 spiro atoms. The SMILES string of the molecule is CN(C)c1ccc(C=NNC(=O)CC(=O)Nc2ccccc2)cc1[N+](=O)[O-]. The Morgan fingerprint density at radius 3 is 2.48 bits per heavy atom. The van der Waals surface area contributed by atoms with Crippen molar-refractivity contribution in [2.45, 2.75) is 6.42 Å². The predicted molar refractivity (Wildman–Crippen MR) is 103 cm³/mol. The zero-order valence-electron chi connectivity index (χ0n) is 14.9. The molecule has 27 heavy (non-hydrogen) atoms. The zero-order valence-corrected chi connectivity index (χ0v) is 14.9. The Labute approximate surface area is 155 Å². The van der Waals surface area contributed by atoms with Crippen LogP contribution in [0.25, 0.3) is 0 Å². The summed E-state index contributed by atoms with van der Waals surface area (Å²) in [6, 6.07) is 13.3. The summed E-state index contributed by atoms with van der Waals surface area (Å²) in [6.45, 7) is 0. The summed E-state index contributed by atoms with van der Waals surface area (Å²) in [7, 11) is 3.41. The largest absolute Gasteiger partial charge is 0.372 e. The average Bonchev–Trinajstić information content (AvgIpc) is 2.62. The van der Waals surface area contributed by atoms with Crippen LogP contribution in [0.2, 0.25) is 0 Å². The molecule has 0 saturated carbocycles. The van der Waals surface area contributed by atoms with Crippen molar-refractivity contribution < 1.29 is 14.5 Å². The van der Waals surface area contributed by atoms with Crippen LogP contribution in [-0.2, 0) is 9.59 Å². The molecule has 2 rings (SSSR count). The van der Waals surface area contributed by atoms with Gasteiger partial charge in [0.25, 0.3) is 5.69 Å².